The molecule has 3 atom stereocenters. The molecule has 0 aliphatic carbocycles. The zero-order chi connectivity index (χ0) is 40.0. The van der Waals surface area contributed by atoms with Gasteiger partial charge in [0.25, 0.3) is 0 Å². The van der Waals surface area contributed by atoms with Crippen molar-refractivity contribution in [1.82, 2.24) is 0 Å². The Morgan fingerprint density at radius 2 is 0.680 bits per heavy atom. The lowest BCUT2D eigenvalue weighted by atomic mass is 9.55. The van der Waals surface area contributed by atoms with Gasteiger partial charge in [0.1, 0.15) is 0 Å². The Hall–Kier alpha value is -0.270. The average molecular weight is 741 g/mol. The molecule has 0 radical (unpaired) electrons. The van der Waals surface area contributed by atoms with Crippen LogP contribution in [0.15, 0.2) is 18.2 Å². The van der Waals surface area contributed by atoms with E-state index in [4.69, 9.17) is 0 Å². The maximum absolute atomic E-state index is 3.50. The van der Waals surface area contributed by atoms with Crippen LogP contribution in [-0.2, 0) is 38.1 Å². The van der Waals surface area contributed by atoms with Gasteiger partial charge >= 0.3 is 0 Å². The Morgan fingerprint density at radius 1 is 0.360 bits per heavy atom. The second kappa shape index (κ2) is 13.5. The van der Waals surface area contributed by atoms with Crippen LogP contribution in [0.4, 0.5) is 0 Å². The first-order chi connectivity index (χ1) is 21.6. The molecule has 0 N–H and O–H groups in total. The van der Waals surface area contributed by atoms with E-state index >= 15 is 0 Å². The van der Waals surface area contributed by atoms with Crippen molar-refractivity contribution in [2.75, 3.05) is 0 Å². The molecule has 0 saturated heterocycles. The second-order valence-corrected chi connectivity index (χ2v) is 26.1. The maximum atomic E-state index is 3.50. The summed E-state index contributed by atoms with van der Waals surface area (Å²) < 4.78 is 0. The van der Waals surface area contributed by atoms with Crippen LogP contribution in [0.1, 0.15) is 205 Å². The lowest BCUT2D eigenvalue weighted by molar-refractivity contribution is 0.118. The summed E-state index contributed by atoms with van der Waals surface area (Å²) in [5.41, 5.74) is 12.9. The van der Waals surface area contributed by atoms with E-state index in [1.165, 1.54) is 50.1 Å². The normalized spacial score (nSPS) is 15.2. The predicted molar refractivity (Wildman–Crippen MR) is 241 cm³/mol. The smallest absolute Gasteiger partial charge is 0.0197 e. The Bertz CT molecular complexity index is 1520. The van der Waals surface area contributed by atoms with Crippen LogP contribution in [0, 0.1) is 21.7 Å². The summed E-state index contributed by atoms with van der Waals surface area (Å²) in [6.07, 6.45) is 0.934. The Balaban J connectivity index is 3.77. The molecule has 0 fully saturated rings. The molecule has 0 heterocycles. The van der Waals surface area contributed by atoms with Crippen molar-refractivity contribution in [1.29, 1.82) is 0 Å². The fourth-order valence-corrected chi connectivity index (χ4v) is 10.3. The number of hydrogen-bond acceptors (Lipinski definition) is 0. The highest BCUT2D eigenvalue weighted by atomic mass is 31.0. The molecule has 0 nitrogen and oxygen atoms in total. The van der Waals surface area contributed by atoms with Gasteiger partial charge in [0.05, 0.1) is 0 Å². The summed E-state index contributed by atoms with van der Waals surface area (Å²) in [4.78, 5) is 0. The molecular weight excluding hydrogens is 657 g/mol. The molecule has 0 amide bonds. The average Bonchev–Trinajstić information content (AvgIpc) is 2.85. The van der Waals surface area contributed by atoms with Crippen LogP contribution in [0.5, 0.6) is 0 Å². The van der Waals surface area contributed by atoms with Gasteiger partial charge < -0.3 is 0 Å². The van der Waals surface area contributed by atoms with E-state index in [2.05, 4.69) is 212 Å². The van der Waals surface area contributed by atoms with Gasteiger partial charge in [0.15, 0.2) is 0 Å². The monoisotopic (exact) mass is 741 g/mol. The molecule has 3 heteroatoms. The Morgan fingerprint density at radius 3 is 0.940 bits per heavy atom. The Kier molecular flexibility index (Phi) is 12.4. The fourth-order valence-electron chi connectivity index (χ4n) is 9.46. The summed E-state index contributed by atoms with van der Waals surface area (Å²) in [5.74, 6) is 0. The van der Waals surface area contributed by atoms with E-state index in [9.17, 15) is 0 Å². The molecule has 0 aliphatic rings. The van der Waals surface area contributed by atoms with Gasteiger partial charge in [-0.1, -0.05) is 178 Å². The van der Waals surface area contributed by atoms with Crippen molar-refractivity contribution in [3.05, 3.63) is 57.1 Å². The first-order valence-corrected chi connectivity index (χ1v) is 21.3. The van der Waals surface area contributed by atoms with Gasteiger partial charge in [-0.25, -0.2) is 0 Å². The van der Waals surface area contributed by atoms with Crippen LogP contribution < -0.4 is 0 Å². The lowest BCUT2D eigenvalue weighted by Gasteiger charge is -2.58. The fraction of sp³-hybridized carbons (Fsp3) is 0.745. The Labute approximate surface area is 320 Å². The summed E-state index contributed by atoms with van der Waals surface area (Å²) in [6, 6.07) is 8.00. The SMILES string of the molecule is CC(C)(C)c1cc(C(P)(C(C)(C)C)C(C)(C)C)c(C(P)(C(C)(C)C)C(C)(C)C)cc1-c1cc(CP)c(C(C)(C)C)c(C(C)(C)C)c1C(C)(C)C. The molecular formula is C47H83P3. The number of hydrogen-bond donors (Lipinski definition) is 0. The highest BCUT2D eigenvalue weighted by Crippen LogP contribution is 2.66. The third-order valence-corrected chi connectivity index (χ3v) is 16.2. The van der Waals surface area contributed by atoms with Gasteiger partial charge in [0, 0.05) is 10.3 Å². The first kappa shape index (κ1) is 45.9. The molecule has 2 rings (SSSR count). The van der Waals surface area contributed by atoms with Crippen molar-refractivity contribution >= 4 is 27.7 Å². The molecule has 2 aromatic rings. The predicted octanol–water partition coefficient (Wildman–Crippen LogP) is 15.2. The highest BCUT2D eigenvalue weighted by Gasteiger charge is 2.55. The van der Waals surface area contributed by atoms with E-state index in [1.54, 1.807) is 0 Å². The minimum atomic E-state index is -0.234. The molecule has 0 spiro atoms. The minimum absolute atomic E-state index is 0.0149. The topological polar surface area (TPSA) is 0 Å². The van der Waals surface area contributed by atoms with Crippen molar-refractivity contribution in [2.24, 2.45) is 21.7 Å². The summed E-state index contributed by atoms with van der Waals surface area (Å²) in [6.45, 7) is 58.5. The number of benzene rings is 2. The van der Waals surface area contributed by atoms with Crippen LogP contribution in [-0.4, -0.2) is 0 Å². The van der Waals surface area contributed by atoms with E-state index in [1.807, 2.05) is 0 Å². The zero-order valence-corrected chi connectivity index (χ0v) is 41.1. The van der Waals surface area contributed by atoms with Crippen molar-refractivity contribution in [2.45, 2.75) is 204 Å². The van der Waals surface area contributed by atoms with Crippen LogP contribution in [0.25, 0.3) is 11.1 Å². The zero-order valence-electron chi connectivity index (χ0n) is 37.7. The minimum Gasteiger partial charge on any atom is -0.133 e. The van der Waals surface area contributed by atoms with Crippen molar-refractivity contribution < 1.29 is 0 Å². The highest BCUT2D eigenvalue weighted by molar-refractivity contribution is 7.19. The lowest BCUT2D eigenvalue weighted by Crippen LogP contribution is -2.51. The third-order valence-electron chi connectivity index (χ3n) is 11.7. The van der Waals surface area contributed by atoms with E-state index in [-0.39, 0.29) is 53.6 Å². The first-order valence-electron chi connectivity index (χ1n) is 19.3. The van der Waals surface area contributed by atoms with E-state index < -0.39 is 0 Å². The molecule has 0 aliphatic heterocycles. The molecule has 0 bridgehead atoms. The van der Waals surface area contributed by atoms with Gasteiger partial charge in [0.2, 0.25) is 0 Å². The van der Waals surface area contributed by atoms with Crippen LogP contribution >= 0.6 is 27.7 Å². The third kappa shape index (κ3) is 8.06. The summed E-state index contributed by atoms with van der Waals surface area (Å²) in [7, 11) is 10.1. The molecule has 50 heavy (non-hydrogen) atoms. The van der Waals surface area contributed by atoms with E-state index in [0.29, 0.717) is 0 Å². The summed E-state index contributed by atoms with van der Waals surface area (Å²) >= 11 is 0. The molecule has 286 valence electrons. The van der Waals surface area contributed by atoms with Gasteiger partial charge in [-0.05, 0) is 106 Å². The maximum Gasteiger partial charge on any atom is 0.0197 e. The second-order valence-electron chi connectivity index (χ2n) is 24.0. The number of rotatable bonds is 4. The van der Waals surface area contributed by atoms with Gasteiger partial charge in [-0.3, -0.25) is 0 Å². The van der Waals surface area contributed by atoms with Gasteiger partial charge in [-0.2, -0.15) is 0 Å². The van der Waals surface area contributed by atoms with Crippen LogP contribution in [0.3, 0.4) is 0 Å². The van der Waals surface area contributed by atoms with Crippen molar-refractivity contribution in [3.63, 3.8) is 0 Å². The van der Waals surface area contributed by atoms with Gasteiger partial charge in [-0.15, -0.1) is 27.7 Å². The molecule has 2 aromatic carbocycles. The van der Waals surface area contributed by atoms with Crippen molar-refractivity contribution in [3.8, 4) is 11.1 Å². The molecule has 0 aromatic heterocycles. The summed E-state index contributed by atoms with van der Waals surface area (Å²) in [5, 5.41) is -0.445. The molecule has 3 unspecified atom stereocenters. The standard InChI is InChI=1S/C47H83P3/c1-38(2,3)32-27-34(47(50,44(19,20)21)45(22,23)24)33(46(49,42(13,14)15)43(16,17)18)26-30(32)31-25-29(28-48)35(39(4,5)6)37(41(10,11)12)36(31)40(7,8)9/h25-27H,28,48-50H2,1-24H3. The quantitative estimate of drug-likeness (QED) is 0.274. The van der Waals surface area contributed by atoms with E-state index in [0.717, 1.165) is 6.16 Å². The van der Waals surface area contributed by atoms with Crippen LogP contribution in [0.2, 0.25) is 0 Å². The molecule has 0 saturated carbocycles. The largest absolute Gasteiger partial charge is 0.133 e.